The summed E-state index contributed by atoms with van der Waals surface area (Å²) in [4.78, 5) is 22.6. The van der Waals surface area contributed by atoms with Gasteiger partial charge >= 0.3 is 12.2 Å². The SMILES string of the molecule is CCOCCc1cc(OC(N)=O)c(CCOCC)c(OC(N)=O)c1C. The fourth-order valence-corrected chi connectivity index (χ4v) is 2.42. The van der Waals surface area contributed by atoms with Gasteiger partial charge in [-0.05, 0) is 44.4 Å². The fourth-order valence-electron chi connectivity index (χ4n) is 2.42. The molecule has 0 bridgehead atoms. The van der Waals surface area contributed by atoms with Crippen molar-refractivity contribution in [1.29, 1.82) is 0 Å². The first-order chi connectivity index (χ1) is 11.9. The predicted octanol–water partition coefficient (Wildman–Crippen LogP) is 2.07. The summed E-state index contributed by atoms with van der Waals surface area (Å²) >= 11 is 0. The van der Waals surface area contributed by atoms with Crippen molar-refractivity contribution in [2.45, 2.75) is 33.6 Å². The Balaban J connectivity index is 3.32. The number of nitrogens with two attached hydrogens (primary N) is 2. The van der Waals surface area contributed by atoms with Crippen molar-refractivity contribution in [3.63, 3.8) is 0 Å². The number of rotatable bonds is 10. The van der Waals surface area contributed by atoms with Crippen LogP contribution in [0.2, 0.25) is 0 Å². The third-order valence-electron chi connectivity index (χ3n) is 3.53. The van der Waals surface area contributed by atoms with Crippen molar-refractivity contribution < 1.29 is 28.5 Å². The third kappa shape index (κ3) is 6.60. The molecular formula is C17H26N2O6. The average molecular weight is 354 g/mol. The van der Waals surface area contributed by atoms with E-state index in [1.165, 1.54) is 0 Å². The summed E-state index contributed by atoms with van der Waals surface area (Å²) in [5.74, 6) is 0.484. The Morgan fingerprint density at radius 1 is 0.960 bits per heavy atom. The van der Waals surface area contributed by atoms with E-state index < -0.39 is 12.2 Å². The summed E-state index contributed by atoms with van der Waals surface area (Å²) in [6.45, 7) is 7.51. The molecule has 25 heavy (non-hydrogen) atoms. The molecule has 0 atom stereocenters. The molecule has 2 amide bonds. The van der Waals surface area contributed by atoms with E-state index in [1.807, 2.05) is 13.8 Å². The molecular weight excluding hydrogens is 328 g/mol. The van der Waals surface area contributed by atoms with E-state index in [4.69, 9.17) is 30.4 Å². The van der Waals surface area contributed by atoms with E-state index >= 15 is 0 Å². The van der Waals surface area contributed by atoms with Gasteiger partial charge in [-0.1, -0.05) is 0 Å². The van der Waals surface area contributed by atoms with Gasteiger partial charge in [0.2, 0.25) is 0 Å². The van der Waals surface area contributed by atoms with Crippen LogP contribution in [0.5, 0.6) is 11.5 Å². The Bertz CT molecular complexity index is 603. The molecule has 0 saturated carbocycles. The highest BCUT2D eigenvalue weighted by Gasteiger charge is 2.21. The molecule has 0 aliphatic carbocycles. The molecule has 0 fully saturated rings. The van der Waals surface area contributed by atoms with Gasteiger partial charge in [-0.25, -0.2) is 9.59 Å². The molecule has 1 rings (SSSR count). The molecule has 0 aromatic heterocycles. The minimum atomic E-state index is -0.956. The Morgan fingerprint density at radius 2 is 1.52 bits per heavy atom. The van der Waals surface area contributed by atoms with Crippen LogP contribution < -0.4 is 20.9 Å². The second kappa shape index (κ2) is 10.5. The molecule has 0 unspecified atom stereocenters. The molecule has 0 radical (unpaired) electrons. The van der Waals surface area contributed by atoms with Gasteiger partial charge in [-0.3, -0.25) is 0 Å². The van der Waals surface area contributed by atoms with E-state index in [-0.39, 0.29) is 11.5 Å². The van der Waals surface area contributed by atoms with Crippen molar-refractivity contribution >= 4 is 12.2 Å². The van der Waals surface area contributed by atoms with Gasteiger partial charge < -0.3 is 30.4 Å². The summed E-state index contributed by atoms with van der Waals surface area (Å²) in [7, 11) is 0. The highest BCUT2D eigenvalue weighted by atomic mass is 16.6. The van der Waals surface area contributed by atoms with E-state index in [2.05, 4.69) is 0 Å². The van der Waals surface area contributed by atoms with Crippen molar-refractivity contribution in [2.75, 3.05) is 26.4 Å². The second-order valence-electron chi connectivity index (χ2n) is 5.20. The lowest BCUT2D eigenvalue weighted by Crippen LogP contribution is -2.21. The molecule has 1 aromatic rings. The molecule has 0 saturated heterocycles. The molecule has 0 spiro atoms. The second-order valence-corrected chi connectivity index (χ2v) is 5.20. The minimum Gasteiger partial charge on any atom is -0.410 e. The largest absolute Gasteiger partial charge is 0.410 e. The highest BCUT2D eigenvalue weighted by molar-refractivity contribution is 5.73. The van der Waals surface area contributed by atoms with Gasteiger partial charge in [0.15, 0.2) is 0 Å². The molecule has 4 N–H and O–H groups in total. The van der Waals surface area contributed by atoms with Crippen LogP contribution in [0.15, 0.2) is 6.07 Å². The molecule has 8 heteroatoms. The third-order valence-corrected chi connectivity index (χ3v) is 3.53. The smallest absolute Gasteiger partial charge is 0.409 e. The Labute approximate surface area is 147 Å². The first-order valence-electron chi connectivity index (χ1n) is 8.16. The number of hydrogen-bond donors (Lipinski definition) is 2. The quantitative estimate of drug-likeness (QED) is 0.620. The number of primary amides is 2. The normalized spacial score (nSPS) is 10.5. The zero-order valence-corrected chi connectivity index (χ0v) is 14.9. The Kier molecular flexibility index (Phi) is 8.73. The van der Waals surface area contributed by atoms with Crippen LogP contribution in [0.25, 0.3) is 0 Å². The van der Waals surface area contributed by atoms with Crippen LogP contribution in [0.4, 0.5) is 9.59 Å². The van der Waals surface area contributed by atoms with Gasteiger partial charge in [0.1, 0.15) is 11.5 Å². The molecule has 0 aliphatic heterocycles. The van der Waals surface area contributed by atoms with Crippen molar-refractivity contribution in [1.82, 2.24) is 0 Å². The van der Waals surface area contributed by atoms with Gasteiger partial charge in [0.05, 0.1) is 13.2 Å². The van der Waals surface area contributed by atoms with Crippen LogP contribution in [0, 0.1) is 6.92 Å². The first kappa shape index (κ1) is 20.7. The molecule has 8 nitrogen and oxygen atoms in total. The van der Waals surface area contributed by atoms with Crippen LogP contribution >= 0.6 is 0 Å². The van der Waals surface area contributed by atoms with Gasteiger partial charge in [-0.15, -0.1) is 0 Å². The summed E-state index contributed by atoms with van der Waals surface area (Å²) in [6, 6.07) is 1.70. The monoisotopic (exact) mass is 354 g/mol. The maximum absolute atomic E-state index is 11.3. The highest BCUT2D eigenvalue weighted by Crippen LogP contribution is 2.36. The maximum atomic E-state index is 11.3. The summed E-state index contributed by atoms with van der Waals surface area (Å²) in [5, 5.41) is 0. The lowest BCUT2D eigenvalue weighted by Gasteiger charge is -2.19. The van der Waals surface area contributed by atoms with Gasteiger partial charge in [-0.2, -0.15) is 0 Å². The first-order valence-corrected chi connectivity index (χ1v) is 8.16. The van der Waals surface area contributed by atoms with Crippen LogP contribution in [0.1, 0.15) is 30.5 Å². The summed E-state index contributed by atoms with van der Waals surface area (Å²) < 4.78 is 21.0. The van der Waals surface area contributed by atoms with Crippen molar-refractivity contribution in [2.24, 2.45) is 11.5 Å². The molecule has 1 aromatic carbocycles. The Hall–Kier alpha value is -2.32. The number of hydrogen-bond acceptors (Lipinski definition) is 6. The fraction of sp³-hybridized carbons (Fsp3) is 0.529. The molecule has 140 valence electrons. The van der Waals surface area contributed by atoms with Crippen molar-refractivity contribution in [3.8, 4) is 11.5 Å². The number of carbonyl (C=O) groups excluding carboxylic acids is 2. The number of amides is 2. The van der Waals surface area contributed by atoms with Crippen molar-refractivity contribution in [3.05, 3.63) is 22.8 Å². The average Bonchev–Trinajstić information content (AvgIpc) is 2.53. The van der Waals surface area contributed by atoms with E-state index in [0.29, 0.717) is 44.8 Å². The minimum absolute atomic E-state index is 0.223. The number of ether oxygens (including phenoxy) is 4. The number of benzene rings is 1. The maximum Gasteiger partial charge on any atom is 0.409 e. The van der Waals surface area contributed by atoms with Crippen LogP contribution in [-0.2, 0) is 22.3 Å². The van der Waals surface area contributed by atoms with Gasteiger partial charge in [0.25, 0.3) is 0 Å². The predicted molar refractivity (Wildman–Crippen MR) is 92.0 cm³/mol. The van der Waals surface area contributed by atoms with E-state index in [0.717, 1.165) is 11.1 Å². The topological polar surface area (TPSA) is 123 Å². The standard InChI is InChI=1S/C17H26N2O6/c1-4-22-8-6-12-10-14(24-16(18)20)13(7-9-23-5-2)15(11(12)3)25-17(19)21/h10H,4-9H2,1-3H3,(H2,18,20)(H2,19,21). The van der Waals surface area contributed by atoms with Crippen LogP contribution in [0.3, 0.4) is 0 Å². The van der Waals surface area contributed by atoms with Gasteiger partial charge in [0, 0.05) is 25.2 Å². The summed E-state index contributed by atoms with van der Waals surface area (Å²) in [6.07, 6.45) is -0.989. The zero-order valence-electron chi connectivity index (χ0n) is 14.9. The zero-order chi connectivity index (χ0) is 18.8. The van der Waals surface area contributed by atoms with E-state index in [1.54, 1.807) is 13.0 Å². The molecule has 0 aliphatic rings. The lowest BCUT2D eigenvalue weighted by atomic mass is 9.98. The lowest BCUT2D eigenvalue weighted by molar-refractivity contribution is 0.149. The Morgan fingerprint density at radius 3 is 2.04 bits per heavy atom. The van der Waals surface area contributed by atoms with E-state index in [9.17, 15) is 9.59 Å². The number of carbonyl (C=O) groups is 2. The van der Waals surface area contributed by atoms with Crippen LogP contribution in [-0.4, -0.2) is 38.6 Å². The summed E-state index contributed by atoms with van der Waals surface area (Å²) in [5.41, 5.74) is 12.4. The molecule has 0 heterocycles.